The van der Waals surface area contributed by atoms with Crippen LogP contribution < -0.4 is 5.32 Å². The lowest BCUT2D eigenvalue weighted by Gasteiger charge is -2.18. The molecule has 2 aromatic rings. The molecule has 2 aromatic heterocycles. The van der Waals surface area contributed by atoms with Crippen molar-refractivity contribution in [2.24, 2.45) is 7.05 Å². The van der Waals surface area contributed by atoms with Crippen LogP contribution in [-0.2, 0) is 18.9 Å². The standard InChI is InChI=1S/C14H21N5/c1-14(2,3)11-5-6-12(16-9-11)15-8-7-13-18-17-10-19(13)4/h5-6,9-10H,7-8H2,1-4H3,(H,15,16). The van der Waals surface area contributed by atoms with Crippen molar-refractivity contribution in [2.75, 3.05) is 11.9 Å². The van der Waals surface area contributed by atoms with Gasteiger partial charge in [0.2, 0.25) is 0 Å². The normalized spacial score (nSPS) is 11.6. The van der Waals surface area contributed by atoms with Crippen LogP contribution in [0, 0.1) is 0 Å². The first-order chi connectivity index (χ1) is 8.97. The third kappa shape index (κ3) is 3.53. The van der Waals surface area contributed by atoms with Gasteiger partial charge in [0.05, 0.1) is 0 Å². The van der Waals surface area contributed by atoms with Crippen molar-refractivity contribution in [1.82, 2.24) is 19.7 Å². The maximum absolute atomic E-state index is 4.43. The molecular weight excluding hydrogens is 238 g/mol. The molecular formula is C14H21N5. The predicted octanol–water partition coefficient (Wildman–Crippen LogP) is 2.16. The van der Waals surface area contributed by atoms with Crippen LogP contribution in [0.3, 0.4) is 0 Å². The molecule has 0 spiro atoms. The number of rotatable bonds is 4. The average Bonchev–Trinajstić information content (AvgIpc) is 2.75. The van der Waals surface area contributed by atoms with Crippen molar-refractivity contribution in [1.29, 1.82) is 0 Å². The van der Waals surface area contributed by atoms with Gasteiger partial charge < -0.3 is 9.88 Å². The van der Waals surface area contributed by atoms with Crippen molar-refractivity contribution in [3.05, 3.63) is 36.0 Å². The van der Waals surface area contributed by atoms with E-state index in [0.29, 0.717) is 0 Å². The Kier molecular flexibility index (Phi) is 3.83. The van der Waals surface area contributed by atoms with Gasteiger partial charge in [0.15, 0.2) is 0 Å². The lowest BCUT2D eigenvalue weighted by Crippen LogP contribution is -2.13. The Morgan fingerprint density at radius 3 is 2.58 bits per heavy atom. The van der Waals surface area contributed by atoms with Crippen molar-refractivity contribution in [2.45, 2.75) is 32.6 Å². The zero-order valence-corrected chi connectivity index (χ0v) is 12.0. The highest BCUT2D eigenvalue weighted by molar-refractivity contribution is 5.37. The van der Waals surface area contributed by atoms with Gasteiger partial charge in [-0.3, -0.25) is 0 Å². The van der Waals surface area contributed by atoms with E-state index >= 15 is 0 Å². The van der Waals surface area contributed by atoms with Crippen LogP contribution in [-0.4, -0.2) is 26.3 Å². The molecule has 19 heavy (non-hydrogen) atoms. The van der Waals surface area contributed by atoms with E-state index in [1.54, 1.807) is 6.33 Å². The zero-order chi connectivity index (χ0) is 13.9. The fourth-order valence-electron chi connectivity index (χ4n) is 1.78. The first-order valence-corrected chi connectivity index (χ1v) is 6.50. The number of pyridine rings is 1. The lowest BCUT2D eigenvalue weighted by molar-refractivity contribution is 0.587. The number of hydrogen-bond donors (Lipinski definition) is 1. The Morgan fingerprint density at radius 1 is 1.26 bits per heavy atom. The van der Waals surface area contributed by atoms with Crippen LogP contribution in [0.25, 0.3) is 0 Å². The van der Waals surface area contributed by atoms with Gasteiger partial charge in [-0.1, -0.05) is 26.8 Å². The van der Waals surface area contributed by atoms with E-state index in [2.05, 4.69) is 47.3 Å². The molecule has 0 bridgehead atoms. The summed E-state index contributed by atoms with van der Waals surface area (Å²) in [4.78, 5) is 4.43. The molecule has 0 aliphatic rings. The summed E-state index contributed by atoms with van der Waals surface area (Å²) < 4.78 is 1.93. The third-order valence-electron chi connectivity index (χ3n) is 3.09. The van der Waals surface area contributed by atoms with Gasteiger partial charge in [0, 0.05) is 26.2 Å². The number of nitrogens with one attached hydrogen (secondary N) is 1. The van der Waals surface area contributed by atoms with E-state index in [4.69, 9.17) is 0 Å². The lowest BCUT2D eigenvalue weighted by atomic mass is 9.88. The average molecular weight is 259 g/mol. The molecule has 0 radical (unpaired) electrons. The summed E-state index contributed by atoms with van der Waals surface area (Å²) in [5, 5.41) is 11.2. The van der Waals surface area contributed by atoms with Crippen LogP contribution >= 0.6 is 0 Å². The first kappa shape index (κ1) is 13.5. The fraction of sp³-hybridized carbons (Fsp3) is 0.500. The maximum atomic E-state index is 4.43. The van der Waals surface area contributed by atoms with E-state index < -0.39 is 0 Å². The van der Waals surface area contributed by atoms with Crippen LogP contribution in [0.5, 0.6) is 0 Å². The summed E-state index contributed by atoms with van der Waals surface area (Å²) in [5.41, 5.74) is 1.39. The molecule has 0 unspecified atom stereocenters. The van der Waals surface area contributed by atoms with E-state index in [1.165, 1.54) is 5.56 Å². The molecule has 5 nitrogen and oxygen atoms in total. The number of aromatic nitrogens is 4. The Balaban J connectivity index is 1.89. The van der Waals surface area contributed by atoms with E-state index in [0.717, 1.165) is 24.6 Å². The second kappa shape index (κ2) is 5.38. The minimum Gasteiger partial charge on any atom is -0.370 e. The highest BCUT2D eigenvalue weighted by Gasteiger charge is 2.13. The molecule has 0 aliphatic heterocycles. The van der Waals surface area contributed by atoms with Crippen LogP contribution in [0.1, 0.15) is 32.2 Å². The summed E-state index contributed by atoms with van der Waals surface area (Å²) in [6.07, 6.45) is 4.48. The van der Waals surface area contributed by atoms with Crippen LogP contribution in [0.15, 0.2) is 24.7 Å². The highest BCUT2D eigenvalue weighted by atomic mass is 15.2. The van der Waals surface area contributed by atoms with Gasteiger partial charge in [-0.2, -0.15) is 0 Å². The number of nitrogens with zero attached hydrogens (tertiary/aromatic N) is 4. The number of hydrogen-bond acceptors (Lipinski definition) is 4. The molecule has 0 saturated heterocycles. The van der Waals surface area contributed by atoms with Gasteiger partial charge in [0.1, 0.15) is 18.0 Å². The monoisotopic (exact) mass is 259 g/mol. The fourth-order valence-corrected chi connectivity index (χ4v) is 1.78. The van der Waals surface area contributed by atoms with E-state index in [9.17, 15) is 0 Å². The molecule has 2 heterocycles. The Labute approximate surface area is 114 Å². The van der Waals surface area contributed by atoms with Gasteiger partial charge in [-0.05, 0) is 17.0 Å². The van der Waals surface area contributed by atoms with Crippen molar-refractivity contribution >= 4 is 5.82 Å². The topological polar surface area (TPSA) is 55.6 Å². The first-order valence-electron chi connectivity index (χ1n) is 6.50. The maximum Gasteiger partial charge on any atom is 0.134 e. The smallest absolute Gasteiger partial charge is 0.134 e. The summed E-state index contributed by atoms with van der Waals surface area (Å²) in [5.74, 6) is 1.87. The van der Waals surface area contributed by atoms with Crippen LogP contribution in [0.4, 0.5) is 5.82 Å². The van der Waals surface area contributed by atoms with Crippen molar-refractivity contribution < 1.29 is 0 Å². The van der Waals surface area contributed by atoms with Crippen LogP contribution in [0.2, 0.25) is 0 Å². The predicted molar refractivity (Wildman–Crippen MR) is 76.1 cm³/mol. The largest absolute Gasteiger partial charge is 0.370 e. The van der Waals surface area contributed by atoms with E-state index in [-0.39, 0.29) is 5.41 Å². The van der Waals surface area contributed by atoms with Gasteiger partial charge in [-0.25, -0.2) is 4.98 Å². The SMILES string of the molecule is Cn1cnnc1CCNc1ccc(C(C)(C)C)cn1. The third-order valence-corrected chi connectivity index (χ3v) is 3.09. The minimum absolute atomic E-state index is 0.143. The second-order valence-corrected chi connectivity index (χ2v) is 5.72. The highest BCUT2D eigenvalue weighted by Crippen LogP contribution is 2.21. The molecule has 102 valence electrons. The summed E-state index contributed by atoms with van der Waals surface area (Å²) in [7, 11) is 1.95. The van der Waals surface area contributed by atoms with Crippen molar-refractivity contribution in [3.8, 4) is 0 Å². The number of aryl methyl sites for hydroxylation is 1. The summed E-state index contributed by atoms with van der Waals surface area (Å²) in [6, 6.07) is 4.15. The Morgan fingerprint density at radius 2 is 2.05 bits per heavy atom. The van der Waals surface area contributed by atoms with Gasteiger partial charge >= 0.3 is 0 Å². The van der Waals surface area contributed by atoms with Crippen molar-refractivity contribution in [3.63, 3.8) is 0 Å². The molecule has 0 aliphatic carbocycles. The quantitative estimate of drug-likeness (QED) is 0.914. The zero-order valence-electron chi connectivity index (χ0n) is 12.0. The second-order valence-electron chi connectivity index (χ2n) is 5.72. The number of anilines is 1. The molecule has 0 atom stereocenters. The summed E-state index contributed by atoms with van der Waals surface area (Å²) >= 11 is 0. The summed E-state index contributed by atoms with van der Waals surface area (Å²) in [6.45, 7) is 7.36. The molecule has 0 saturated carbocycles. The minimum atomic E-state index is 0.143. The molecule has 5 heteroatoms. The molecule has 0 aromatic carbocycles. The molecule has 0 fully saturated rings. The van der Waals surface area contributed by atoms with E-state index in [1.807, 2.05) is 23.9 Å². The van der Waals surface area contributed by atoms with Gasteiger partial charge in [0.25, 0.3) is 0 Å². The molecule has 0 amide bonds. The Hall–Kier alpha value is -1.91. The Bertz CT molecular complexity index is 522. The molecule has 1 N–H and O–H groups in total. The molecule has 2 rings (SSSR count). The van der Waals surface area contributed by atoms with Gasteiger partial charge in [-0.15, -0.1) is 10.2 Å².